The van der Waals surface area contributed by atoms with E-state index in [-0.39, 0.29) is 17.7 Å². The third-order valence-corrected chi connectivity index (χ3v) is 6.49. The highest BCUT2D eigenvalue weighted by Gasteiger charge is 2.34. The maximum absolute atomic E-state index is 13.0. The van der Waals surface area contributed by atoms with Crippen molar-refractivity contribution in [2.24, 2.45) is 18.9 Å². The second kappa shape index (κ2) is 8.03. The summed E-state index contributed by atoms with van der Waals surface area (Å²) < 4.78 is 1.85. The minimum absolute atomic E-state index is 0.0801. The summed E-state index contributed by atoms with van der Waals surface area (Å²) in [5.74, 6) is 0.967. The van der Waals surface area contributed by atoms with E-state index in [1.165, 1.54) is 6.42 Å². The fourth-order valence-electron chi connectivity index (χ4n) is 4.81. The molecular formula is C21H34N4O2. The Hall–Kier alpha value is -1.85. The summed E-state index contributed by atoms with van der Waals surface area (Å²) in [5, 5.41) is 4.45. The summed E-state index contributed by atoms with van der Waals surface area (Å²) in [5.41, 5.74) is 3.03. The van der Waals surface area contributed by atoms with Gasteiger partial charge < -0.3 is 9.80 Å². The zero-order chi connectivity index (χ0) is 19.7. The van der Waals surface area contributed by atoms with Crippen molar-refractivity contribution in [3.05, 3.63) is 17.0 Å². The summed E-state index contributed by atoms with van der Waals surface area (Å²) in [6.07, 6.45) is 3.91. The maximum Gasteiger partial charge on any atom is 0.229 e. The molecule has 2 unspecified atom stereocenters. The SMILES string of the molecule is Cc1nn(C)c(C)c1C(C)C(=O)N1CCC(C(=O)N2CCCC(C)C2)CC1. The van der Waals surface area contributed by atoms with Crippen LogP contribution in [0.5, 0.6) is 0 Å². The number of piperidine rings is 2. The molecule has 27 heavy (non-hydrogen) atoms. The Balaban J connectivity index is 1.58. The standard InChI is InChI=1S/C21H34N4O2/c1-14-7-6-10-25(13-14)21(27)18-8-11-24(12-9-18)20(26)15(2)19-16(3)22-23(5)17(19)4/h14-15,18H,6-13H2,1-5H3. The Kier molecular flexibility index (Phi) is 5.92. The zero-order valence-corrected chi connectivity index (χ0v) is 17.5. The molecule has 150 valence electrons. The molecule has 1 aromatic rings. The molecule has 6 nitrogen and oxygen atoms in total. The second-order valence-electron chi connectivity index (χ2n) is 8.56. The molecule has 0 aliphatic carbocycles. The molecule has 2 aliphatic rings. The van der Waals surface area contributed by atoms with Gasteiger partial charge in [-0.25, -0.2) is 0 Å². The van der Waals surface area contributed by atoms with E-state index in [4.69, 9.17) is 0 Å². The minimum atomic E-state index is -0.186. The highest BCUT2D eigenvalue weighted by Crippen LogP contribution is 2.28. The topological polar surface area (TPSA) is 58.4 Å². The number of amides is 2. The van der Waals surface area contributed by atoms with Crippen molar-refractivity contribution in [3.63, 3.8) is 0 Å². The highest BCUT2D eigenvalue weighted by molar-refractivity contribution is 5.84. The highest BCUT2D eigenvalue weighted by atomic mass is 16.2. The van der Waals surface area contributed by atoms with Gasteiger partial charge in [0.15, 0.2) is 0 Å². The quantitative estimate of drug-likeness (QED) is 0.817. The van der Waals surface area contributed by atoms with Gasteiger partial charge in [-0.15, -0.1) is 0 Å². The van der Waals surface area contributed by atoms with Crippen molar-refractivity contribution in [2.75, 3.05) is 26.2 Å². The van der Waals surface area contributed by atoms with Crippen molar-refractivity contribution >= 4 is 11.8 Å². The molecule has 0 N–H and O–H groups in total. The number of aromatic nitrogens is 2. The summed E-state index contributed by atoms with van der Waals surface area (Å²) in [6, 6.07) is 0. The average molecular weight is 375 g/mol. The molecule has 0 bridgehead atoms. The van der Waals surface area contributed by atoms with Crippen LogP contribution in [0.3, 0.4) is 0 Å². The van der Waals surface area contributed by atoms with Crippen molar-refractivity contribution < 1.29 is 9.59 Å². The van der Waals surface area contributed by atoms with Crippen molar-refractivity contribution in [1.29, 1.82) is 0 Å². The lowest BCUT2D eigenvalue weighted by atomic mass is 9.91. The fraction of sp³-hybridized carbons (Fsp3) is 0.762. The Bertz CT molecular complexity index is 703. The first-order chi connectivity index (χ1) is 12.8. The van der Waals surface area contributed by atoms with Crippen molar-refractivity contribution in [3.8, 4) is 0 Å². The molecule has 2 atom stereocenters. The van der Waals surface area contributed by atoms with E-state index in [2.05, 4.69) is 16.9 Å². The number of likely N-dealkylation sites (tertiary alicyclic amines) is 2. The van der Waals surface area contributed by atoms with Crippen LogP contribution in [0.2, 0.25) is 0 Å². The van der Waals surface area contributed by atoms with Crippen LogP contribution in [0.25, 0.3) is 0 Å². The predicted molar refractivity (Wildman–Crippen MR) is 105 cm³/mol. The smallest absolute Gasteiger partial charge is 0.229 e. The van der Waals surface area contributed by atoms with Crippen LogP contribution >= 0.6 is 0 Å². The Morgan fingerprint density at radius 1 is 1.07 bits per heavy atom. The van der Waals surface area contributed by atoms with Crippen LogP contribution in [0, 0.1) is 25.7 Å². The van der Waals surface area contributed by atoms with E-state index in [1.54, 1.807) is 0 Å². The third kappa shape index (κ3) is 4.04. The summed E-state index contributed by atoms with van der Waals surface area (Å²) in [7, 11) is 1.92. The number of carbonyl (C=O) groups is 2. The van der Waals surface area contributed by atoms with Gasteiger partial charge >= 0.3 is 0 Å². The molecule has 3 rings (SSSR count). The van der Waals surface area contributed by atoms with Crippen LogP contribution in [0.4, 0.5) is 0 Å². The molecule has 6 heteroatoms. The second-order valence-corrected chi connectivity index (χ2v) is 8.56. The van der Waals surface area contributed by atoms with E-state index in [0.717, 1.165) is 49.3 Å². The van der Waals surface area contributed by atoms with Gasteiger partial charge in [0.05, 0.1) is 11.6 Å². The molecule has 3 heterocycles. The first-order valence-corrected chi connectivity index (χ1v) is 10.4. The molecule has 2 fully saturated rings. The monoisotopic (exact) mass is 374 g/mol. The van der Waals surface area contributed by atoms with E-state index in [1.807, 2.05) is 37.4 Å². The third-order valence-electron chi connectivity index (χ3n) is 6.49. The Morgan fingerprint density at radius 2 is 1.74 bits per heavy atom. The lowest BCUT2D eigenvalue weighted by Crippen LogP contribution is -2.47. The molecule has 2 saturated heterocycles. The molecule has 2 amide bonds. The first kappa shape index (κ1) is 19.9. The maximum atomic E-state index is 13.0. The van der Waals surface area contributed by atoms with E-state index in [9.17, 15) is 9.59 Å². The Labute approximate surface area is 162 Å². The number of hydrogen-bond acceptors (Lipinski definition) is 3. The van der Waals surface area contributed by atoms with Crippen molar-refractivity contribution in [1.82, 2.24) is 19.6 Å². The normalized spacial score (nSPS) is 22.8. The van der Waals surface area contributed by atoms with Gasteiger partial charge in [0, 0.05) is 50.4 Å². The number of carbonyl (C=O) groups excluding carboxylic acids is 2. The largest absolute Gasteiger partial charge is 0.342 e. The number of hydrogen-bond donors (Lipinski definition) is 0. The molecular weight excluding hydrogens is 340 g/mol. The molecule has 1 aromatic heterocycles. The van der Waals surface area contributed by atoms with Gasteiger partial charge in [0.25, 0.3) is 0 Å². The summed E-state index contributed by atoms with van der Waals surface area (Å²) >= 11 is 0. The molecule has 0 saturated carbocycles. The fourth-order valence-corrected chi connectivity index (χ4v) is 4.81. The van der Waals surface area contributed by atoms with Gasteiger partial charge in [0.1, 0.15) is 0 Å². The van der Waals surface area contributed by atoms with Crippen LogP contribution in [0.1, 0.15) is 62.4 Å². The van der Waals surface area contributed by atoms with E-state index >= 15 is 0 Å². The number of rotatable bonds is 3. The van der Waals surface area contributed by atoms with Crippen LogP contribution in [0.15, 0.2) is 0 Å². The molecule has 2 aliphatic heterocycles. The van der Waals surface area contributed by atoms with Gasteiger partial charge in [-0.05, 0) is 52.4 Å². The van der Waals surface area contributed by atoms with Crippen LogP contribution in [-0.2, 0) is 16.6 Å². The van der Waals surface area contributed by atoms with E-state index < -0.39 is 0 Å². The number of aryl methyl sites for hydroxylation is 2. The number of nitrogens with zero attached hydrogens (tertiary/aromatic N) is 4. The lowest BCUT2D eigenvalue weighted by molar-refractivity contribution is -0.142. The summed E-state index contributed by atoms with van der Waals surface area (Å²) in [6.45, 7) is 11.4. The van der Waals surface area contributed by atoms with Crippen LogP contribution < -0.4 is 0 Å². The minimum Gasteiger partial charge on any atom is -0.342 e. The molecule has 0 radical (unpaired) electrons. The van der Waals surface area contributed by atoms with Gasteiger partial charge in [0.2, 0.25) is 11.8 Å². The molecule has 0 spiro atoms. The van der Waals surface area contributed by atoms with Crippen LogP contribution in [-0.4, -0.2) is 57.6 Å². The van der Waals surface area contributed by atoms with Gasteiger partial charge in [-0.1, -0.05) is 6.92 Å². The lowest BCUT2D eigenvalue weighted by Gasteiger charge is -2.37. The molecule has 0 aromatic carbocycles. The predicted octanol–water partition coefficient (Wildman–Crippen LogP) is 2.64. The van der Waals surface area contributed by atoms with Gasteiger partial charge in [-0.3, -0.25) is 14.3 Å². The zero-order valence-electron chi connectivity index (χ0n) is 17.5. The van der Waals surface area contributed by atoms with Gasteiger partial charge in [-0.2, -0.15) is 5.10 Å². The summed E-state index contributed by atoms with van der Waals surface area (Å²) in [4.78, 5) is 29.9. The average Bonchev–Trinajstić information content (AvgIpc) is 2.92. The first-order valence-electron chi connectivity index (χ1n) is 10.4. The van der Waals surface area contributed by atoms with E-state index in [0.29, 0.717) is 24.9 Å². The van der Waals surface area contributed by atoms with Crippen molar-refractivity contribution in [2.45, 2.75) is 59.3 Å². The Morgan fingerprint density at radius 3 is 2.30 bits per heavy atom.